The van der Waals surface area contributed by atoms with Crippen molar-refractivity contribution in [3.05, 3.63) is 57.3 Å². The zero-order valence-electron chi connectivity index (χ0n) is 16.0. The molecule has 1 amide bonds. The fourth-order valence-corrected chi connectivity index (χ4v) is 4.47. The highest BCUT2D eigenvalue weighted by Crippen LogP contribution is 2.31. The second kappa shape index (κ2) is 8.94. The number of allylic oxidation sites excluding steroid dienone is 1. The Labute approximate surface area is 177 Å². The van der Waals surface area contributed by atoms with E-state index in [0.29, 0.717) is 16.7 Å². The summed E-state index contributed by atoms with van der Waals surface area (Å²) in [6.07, 6.45) is 1.81. The molecule has 0 unspecified atom stereocenters. The number of thioether (sulfide) groups is 1. The van der Waals surface area contributed by atoms with Crippen LogP contribution in [0.15, 0.2) is 41.4 Å². The van der Waals surface area contributed by atoms with E-state index in [9.17, 15) is 4.79 Å². The van der Waals surface area contributed by atoms with Gasteiger partial charge in [-0.15, -0.1) is 28.1 Å². The Morgan fingerprint density at radius 1 is 1.32 bits per heavy atom. The molecule has 146 valence electrons. The van der Waals surface area contributed by atoms with E-state index < -0.39 is 0 Å². The smallest absolute Gasteiger partial charge is 0.234 e. The number of halogens is 1. The lowest BCUT2D eigenvalue weighted by atomic mass is 10.1. The van der Waals surface area contributed by atoms with Gasteiger partial charge in [-0.1, -0.05) is 35.5 Å². The highest BCUT2D eigenvalue weighted by Gasteiger charge is 2.18. The molecule has 0 atom stereocenters. The first-order valence-electron chi connectivity index (χ1n) is 8.69. The number of aromatic nitrogens is 3. The highest BCUT2D eigenvalue weighted by molar-refractivity contribution is 7.99. The van der Waals surface area contributed by atoms with Crippen LogP contribution in [0.1, 0.15) is 16.0 Å². The molecule has 0 radical (unpaired) electrons. The molecule has 0 aliphatic carbocycles. The summed E-state index contributed by atoms with van der Waals surface area (Å²) in [5, 5.41) is 15.0. The Kier molecular flexibility index (Phi) is 6.59. The number of hydrogen-bond acceptors (Lipinski definition) is 5. The van der Waals surface area contributed by atoms with Gasteiger partial charge in [0.2, 0.25) is 5.91 Å². The molecule has 5 nitrogen and oxygen atoms in total. The fourth-order valence-electron chi connectivity index (χ4n) is 2.68. The average molecular weight is 433 g/mol. The maximum Gasteiger partial charge on any atom is 0.234 e. The van der Waals surface area contributed by atoms with E-state index in [2.05, 4.69) is 41.3 Å². The van der Waals surface area contributed by atoms with E-state index in [-0.39, 0.29) is 11.7 Å². The molecular formula is C20H21ClN4OS2. The Balaban J connectivity index is 1.75. The summed E-state index contributed by atoms with van der Waals surface area (Å²) in [5.41, 5.74) is 3.84. The van der Waals surface area contributed by atoms with Crippen LogP contribution in [0.25, 0.3) is 11.4 Å². The highest BCUT2D eigenvalue weighted by atomic mass is 35.5. The van der Waals surface area contributed by atoms with Crippen molar-refractivity contribution in [2.24, 2.45) is 0 Å². The van der Waals surface area contributed by atoms with Crippen molar-refractivity contribution in [1.82, 2.24) is 14.8 Å². The van der Waals surface area contributed by atoms with Crippen LogP contribution in [-0.4, -0.2) is 26.4 Å². The van der Waals surface area contributed by atoms with Crippen LogP contribution in [0, 0.1) is 20.8 Å². The lowest BCUT2D eigenvalue weighted by molar-refractivity contribution is -0.113. The molecule has 0 aliphatic rings. The summed E-state index contributed by atoms with van der Waals surface area (Å²) in [6, 6.07) is 5.45. The van der Waals surface area contributed by atoms with Gasteiger partial charge in [0.1, 0.15) is 0 Å². The number of nitrogens with zero attached hydrogens (tertiary/aromatic N) is 3. The quantitative estimate of drug-likeness (QED) is 0.395. The number of carbonyl (C=O) groups is 1. The van der Waals surface area contributed by atoms with Crippen LogP contribution in [0.2, 0.25) is 5.02 Å². The largest absolute Gasteiger partial charge is 0.325 e. The van der Waals surface area contributed by atoms with E-state index in [1.807, 2.05) is 23.6 Å². The van der Waals surface area contributed by atoms with Crippen LogP contribution in [-0.2, 0) is 11.3 Å². The third kappa shape index (κ3) is 4.32. The minimum atomic E-state index is -0.118. The van der Waals surface area contributed by atoms with Gasteiger partial charge in [-0.25, -0.2) is 0 Å². The predicted molar refractivity (Wildman–Crippen MR) is 119 cm³/mol. The Bertz CT molecular complexity index is 1030. The van der Waals surface area contributed by atoms with Crippen molar-refractivity contribution in [2.45, 2.75) is 32.5 Å². The zero-order chi connectivity index (χ0) is 20.3. The first-order valence-corrected chi connectivity index (χ1v) is 10.9. The minimum Gasteiger partial charge on any atom is -0.325 e. The van der Waals surface area contributed by atoms with Gasteiger partial charge in [0.25, 0.3) is 0 Å². The number of carbonyl (C=O) groups excluding carboxylic acids is 1. The van der Waals surface area contributed by atoms with Gasteiger partial charge in [-0.3, -0.25) is 9.36 Å². The Morgan fingerprint density at radius 2 is 2.11 bits per heavy atom. The number of amides is 1. The summed E-state index contributed by atoms with van der Waals surface area (Å²) >= 11 is 9.16. The van der Waals surface area contributed by atoms with Gasteiger partial charge in [0, 0.05) is 33.1 Å². The predicted octanol–water partition coefficient (Wildman–Crippen LogP) is 5.50. The van der Waals surface area contributed by atoms with E-state index in [1.165, 1.54) is 22.2 Å². The summed E-state index contributed by atoms with van der Waals surface area (Å²) in [5.74, 6) is 0.908. The van der Waals surface area contributed by atoms with Gasteiger partial charge in [0.05, 0.1) is 5.75 Å². The molecule has 28 heavy (non-hydrogen) atoms. The van der Waals surface area contributed by atoms with Crippen LogP contribution < -0.4 is 5.32 Å². The first kappa shape index (κ1) is 20.6. The van der Waals surface area contributed by atoms with Crippen LogP contribution in [0.3, 0.4) is 0 Å². The van der Waals surface area contributed by atoms with Gasteiger partial charge in [-0.05, 0) is 44.0 Å². The van der Waals surface area contributed by atoms with Crippen molar-refractivity contribution in [3.63, 3.8) is 0 Å². The normalized spacial score (nSPS) is 10.9. The van der Waals surface area contributed by atoms with Crippen molar-refractivity contribution in [3.8, 4) is 11.4 Å². The summed E-state index contributed by atoms with van der Waals surface area (Å²) in [7, 11) is 0. The zero-order valence-corrected chi connectivity index (χ0v) is 18.3. The monoisotopic (exact) mass is 432 g/mol. The summed E-state index contributed by atoms with van der Waals surface area (Å²) in [4.78, 5) is 13.7. The van der Waals surface area contributed by atoms with Crippen LogP contribution in [0.5, 0.6) is 0 Å². The minimum absolute atomic E-state index is 0.118. The number of thiophene rings is 1. The molecule has 1 N–H and O–H groups in total. The number of hydrogen-bond donors (Lipinski definition) is 1. The number of benzene rings is 1. The molecule has 3 rings (SSSR count). The lowest BCUT2D eigenvalue weighted by Crippen LogP contribution is -2.15. The molecule has 8 heteroatoms. The molecule has 1 aromatic carbocycles. The average Bonchev–Trinajstić information content (AvgIpc) is 3.21. The molecular weight excluding hydrogens is 412 g/mol. The topological polar surface area (TPSA) is 59.8 Å². The SMILES string of the molecule is C=CCn1c(SCC(=O)Nc2cccc(Cl)c2C)nnc1-c1csc(C)c1C. The maximum atomic E-state index is 12.4. The molecule has 0 saturated carbocycles. The first-order chi connectivity index (χ1) is 13.4. The van der Waals surface area contributed by atoms with E-state index >= 15 is 0 Å². The number of nitrogens with one attached hydrogen (secondary N) is 1. The third-order valence-electron chi connectivity index (χ3n) is 4.43. The van der Waals surface area contributed by atoms with Crippen LogP contribution >= 0.6 is 34.7 Å². The molecule has 0 spiro atoms. The Morgan fingerprint density at radius 3 is 2.79 bits per heavy atom. The standard InChI is InChI=1S/C20H21ClN4OS2/c1-5-9-25-19(15-10-27-14(4)12(15)2)23-24-20(25)28-11-18(26)22-17-8-6-7-16(21)13(17)3/h5-8,10H,1,9,11H2,2-4H3,(H,22,26). The molecule has 0 bridgehead atoms. The second-order valence-electron chi connectivity index (χ2n) is 6.29. The molecule has 2 aromatic heterocycles. The van der Waals surface area contributed by atoms with E-state index in [4.69, 9.17) is 11.6 Å². The van der Waals surface area contributed by atoms with Crippen LogP contribution in [0.4, 0.5) is 5.69 Å². The van der Waals surface area contributed by atoms with Gasteiger partial charge < -0.3 is 5.32 Å². The summed E-state index contributed by atoms with van der Waals surface area (Å²) < 4.78 is 1.99. The van der Waals surface area contributed by atoms with E-state index in [1.54, 1.807) is 23.5 Å². The maximum absolute atomic E-state index is 12.4. The molecule has 2 heterocycles. The summed E-state index contributed by atoms with van der Waals surface area (Å²) in [6.45, 7) is 10.5. The number of aryl methyl sites for hydroxylation is 1. The molecule has 0 fully saturated rings. The molecule has 0 saturated heterocycles. The van der Waals surface area contributed by atoms with Crippen molar-refractivity contribution >= 4 is 46.3 Å². The van der Waals surface area contributed by atoms with Gasteiger partial charge >= 0.3 is 0 Å². The number of anilines is 1. The lowest BCUT2D eigenvalue weighted by Gasteiger charge is -2.10. The van der Waals surface area contributed by atoms with E-state index in [0.717, 1.165) is 22.6 Å². The number of rotatable bonds is 7. The van der Waals surface area contributed by atoms with Gasteiger partial charge in [-0.2, -0.15) is 0 Å². The van der Waals surface area contributed by atoms with Crippen molar-refractivity contribution < 1.29 is 4.79 Å². The van der Waals surface area contributed by atoms with Crippen molar-refractivity contribution in [2.75, 3.05) is 11.1 Å². The second-order valence-corrected chi connectivity index (χ2v) is 8.72. The molecule has 0 aliphatic heterocycles. The van der Waals surface area contributed by atoms with Gasteiger partial charge in [0.15, 0.2) is 11.0 Å². The molecule has 3 aromatic rings. The third-order valence-corrected chi connectivity index (χ3v) is 6.82. The Hall–Kier alpha value is -2.09. The fraction of sp³-hybridized carbons (Fsp3) is 0.250. The van der Waals surface area contributed by atoms with Crippen molar-refractivity contribution in [1.29, 1.82) is 0 Å².